The third-order valence-electron chi connectivity index (χ3n) is 5.69. The fourth-order valence-electron chi connectivity index (χ4n) is 4.08. The van der Waals surface area contributed by atoms with Crippen LogP contribution >= 0.6 is 0 Å². The summed E-state index contributed by atoms with van der Waals surface area (Å²) in [5.74, 6) is 0.757. The molecule has 7 nitrogen and oxygen atoms in total. The molecular weight excluding hydrogens is 426 g/mol. The maximum absolute atomic E-state index is 13.8. The van der Waals surface area contributed by atoms with Crippen molar-refractivity contribution in [1.29, 1.82) is 0 Å². The Morgan fingerprint density at radius 2 is 2.00 bits per heavy atom. The smallest absolute Gasteiger partial charge is 0.180 e. The lowest BCUT2D eigenvalue weighted by atomic mass is 9.91. The fourth-order valence-corrected chi connectivity index (χ4v) is 4.08. The van der Waals surface area contributed by atoms with Crippen molar-refractivity contribution < 1.29 is 13.5 Å². The summed E-state index contributed by atoms with van der Waals surface area (Å²) in [6.45, 7) is 2.65. The van der Waals surface area contributed by atoms with Crippen molar-refractivity contribution in [1.82, 2.24) is 29.3 Å². The minimum absolute atomic E-state index is 0.122. The number of benzene rings is 1. The van der Waals surface area contributed by atoms with Gasteiger partial charge in [0.05, 0.1) is 12.8 Å². The largest absolute Gasteiger partial charge is 0.493 e. The maximum atomic E-state index is 13.8. The van der Waals surface area contributed by atoms with Gasteiger partial charge in [0.25, 0.3) is 0 Å². The summed E-state index contributed by atoms with van der Waals surface area (Å²) >= 11 is 0. The zero-order chi connectivity index (χ0) is 22.9. The first-order chi connectivity index (χ1) is 16.0. The van der Waals surface area contributed by atoms with Crippen LogP contribution in [0.1, 0.15) is 47.2 Å². The second-order valence-corrected chi connectivity index (χ2v) is 7.97. The van der Waals surface area contributed by atoms with Gasteiger partial charge >= 0.3 is 0 Å². The predicted octanol–water partition coefficient (Wildman–Crippen LogP) is 4.55. The first kappa shape index (κ1) is 21.0. The van der Waals surface area contributed by atoms with Crippen molar-refractivity contribution in [2.24, 2.45) is 0 Å². The van der Waals surface area contributed by atoms with Crippen LogP contribution in [-0.4, -0.2) is 36.4 Å². The van der Waals surface area contributed by atoms with E-state index in [1.807, 2.05) is 40.6 Å². The van der Waals surface area contributed by atoms with E-state index < -0.39 is 11.6 Å². The molecule has 0 radical (unpaired) electrons. The van der Waals surface area contributed by atoms with Crippen molar-refractivity contribution in [3.05, 3.63) is 83.1 Å². The number of rotatable bonds is 5. The van der Waals surface area contributed by atoms with Gasteiger partial charge in [-0.1, -0.05) is 6.07 Å². The van der Waals surface area contributed by atoms with Gasteiger partial charge in [-0.2, -0.15) is 5.10 Å². The summed E-state index contributed by atoms with van der Waals surface area (Å²) in [6, 6.07) is 5.91. The fraction of sp³-hybridized carbons (Fsp3) is 0.250. The molecule has 1 aromatic carbocycles. The molecule has 0 aliphatic carbocycles. The molecule has 4 heterocycles. The average Bonchev–Trinajstić information content (AvgIpc) is 3.45. The van der Waals surface area contributed by atoms with Crippen LogP contribution in [0.3, 0.4) is 0 Å². The molecule has 1 aliphatic heterocycles. The molecule has 3 aromatic heterocycles. The van der Waals surface area contributed by atoms with Crippen LogP contribution < -0.4 is 4.74 Å². The molecule has 0 amide bonds. The van der Waals surface area contributed by atoms with Crippen molar-refractivity contribution >= 4 is 12.2 Å². The Morgan fingerprint density at radius 1 is 1.12 bits per heavy atom. The number of pyridine rings is 1. The normalized spacial score (nSPS) is 15.7. The van der Waals surface area contributed by atoms with Crippen molar-refractivity contribution in [2.45, 2.75) is 32.2 Å². The number of ether oxygens (including phenoxy) is 1. The van der Waals surface area contributed by atoms with Gasteiger partial charge in [0.1, 0.15) is 12.2 Å². The third-order valence-corrected chi connectivity index (χ3v) is 5.69. The van der Waals surface area contributed by atoms with E-state index >= 15 is 0 Å². The summed E-state index contributed by atoms with van der Waals surface area (Å²) in [5.41, 5.74) is 2.42. The first-order valence-electron chi connectivity index (χ1n) is 10.6. The van der Waals surface area contributed by atoms with E-state index in [0.29, 0.717) is 23.0 Å². The SMILES string of the molecule is COc1cc(C=Cc2nc3n(n2)CCC[C@H]3c2ccc(F)c(F)c2)cnc1-n1cnc(C)c1. The number of aryl methyl sites for hydroxylation is 2. The number of hydrogen-bond donors (Lipinski definition) is 0. The maximum Gasteiger partial charge on any atom is 0.180 e. The number of methoxy groups -OCH3 is 1. The van der Waals surface area contributed by atoms with E-state index in [1.54, 1.807) is 25.7 Å². The molecule has 0 bridgehead atoms. The van der Waals surface area contributed by atoms with Crippen LogP contribution in [0.5, 0.6) is 5.75 Å². The zero-order valence-electron chi connectivity index (χ0n) is 18.2. The van der Waals surface area contributed by atoms with Gasteiger partial charge in [0.15, 0.2) is 29.0 Å². The molecule has 9 heteroatoms. The van der Waals surface area contributed by atoms with E-state index in [-0.39, 0.29) is 5.92 Å². The van der Waals surface area contributed by atoms with E-state index in [4.69, 9.17) is 4.74 Å². The topological polar surface area (TPSA) is 70.7 Å². The molecule has 4 aromatic rings. The predicted molar refractivity (Wildman–Crippen MR) is 119 cm³/mol. The second-order valence-electron chi connectivity index (χ2n) is 7.97. The third kappa shape index (κ3) is 4.13. The van der Waals surface area contributed by atoms with Gasteiger partial charge in [0, 0.05) is 24.9 Å². The monoisotopic (exact) mass is 448 g/mol. The van der Waals surface area contributed by atoms with E-state index in [0.717, 1.165) is 42.5 Å². The summed E-state index contributed by atoms with van der Waals surface area (Å²) in [4.78, 5) is 13.4. The van der Waals surface area contributed by atoms with E-state index in [1.165, 1.54) is 6.07 Å². The number of hydrogen-bond acceptors (Lipinski definition) is 5. The molecule has 0 unspecified atom stereocenters. The lowest BCUT2D eigenvalue weighted by molar-refractivity contribution is 0.410. The molecule has 0 saturated carbocycles. The van der Waals surface area contributed by atoms with Crippen LogP contribution in [0, 0.1) is 18.6 Å². The highest BCUT2D eigenvalue weighted by Crippen LogP contribution is 2.33. The Kier molecular flexibility index (Phi) is 5.45. The standard InChI is InChI=1S/C24H22F2N6O/c1-15-13-31(14-28-15)24-21(33-2)10-16(12-27-24)5-8-22-29-23-18(4-3-9-32(23)30-22)17-6-7-19(25)20(26)11-17/h5-8,10-14,18H,3-4,9H2,1-2H3/t18-/m0/s1. The summed E-state index contributed by atoms with van der Waals surface area (Å²) < 4.78 is 36.3. The van der Waals surface area contributed by atoms with E-state index in [9.17, 15) is 8.78 Å². The number of aromatic nitrogens is 6. The van der Waals surface area contributed by atoms with Crippen LogP contribution in [0.15, 0.2) is 43.0 Å². The van der Waals surface area contributed by atoms with Crippen LogP contribution in [0.25, 0.3) is 18.0 Å². The van der Waals surface area contributed by atoms with Crippen molar-refractivity contribution in [3.63, 3.8) is 0 Å². The molecule has 1 aliphatic rings. The Morgan fingerprint density at radius 3 is 2.76 bits per heavy atom. The number of halogens is 2. The van der Waals surface area contributed by atoms with Gasteiger partial charge in [-0.3, -0.25) is 4.57 Å². The molecule has 0 spiro atoms. The average molecular weight is 448 g/mol. The van der Waals surface area contributed by atoms with Gasteiger partial charge in [0.2, 0.25) is 0 Å². The Labute approximate surface area is 189 Å². The van der Waals surface area contributed by atoms with Gasteiger partial charge in [-0.15, -0.1) is 0 Å². The van der Waals surface area contributed by atoms with Gasteiger partial charge in [-0.05, 0) is 61.2 Å². The number of fused-ring (bicyclic) bond motifs is 1. The quantitative estimate of drug-likeness (QED) is 0.448. The lowest BCUT2D eigenvalue weighted by Gasteiger charge is -2.22. The Hall–Kier alpha value is -3.88. The number of nitrogens with zero attached hydrogens (tertiary/aromatic N) is 6. The van der Waals surface area contributed by atoms with E-state index in [2.05, 4.69) is 20.1 Å². The number of imidazole rings is 1. The highest BCUT2D eigenvalue weighted by Gasteiger charge is 2.26. The molecule has 33 heavy (non-hydrogen) atoms. The van der Waals surface area contributed by atoms with Crippen molar-refractivity contribution in [3.8, 4) is 11.6 Å². The molecule has 0 fully saturated rings. The minimum Gasteiger partial charge on any atom is -0.493 e. The minimum atomic E-state index is -0.849. The lowest BCUT2D eigenvalue weighted by Crippen LogP contribution is -2.18. The molecular formula is C24H22F2N6O. The van der Waals surface area contributed by atoms with Crippen LogP contribution in [-0.2, 0) is 6.54 Å². The molecule has 0 N–H and O–H groups in total. The van der Waals surface area contributed by atoms with Gasteiger partial charge < -0.3 is 4.74 Å². The van der Waals surface area contributed by atoms with Crippen LogP contribution in [0.4, 0.5) is 8.78 Å². The molecule has 1 atom stereocenters. The molecule has 0 saturated heterocycles. The summed E-state index contributed by atoms with van der Waals surface area (Å²) in [6.07, 6.45) is 10.7. The zero-order valence-corrected chi connectivity index (χ0v) is 18.2. The Balaban J connectivity index is 1.41. The molecule has 5 rings (SSSR count). The van der Waals surface area contributed by atoms with Crippen molar-refractivity contribution in [2.75, 3.05) is 7.11 Å². The second kappa shape index (κ2) is 8.57. The molecule has 168 valence electrons. The summed E-state index contributed by atoms with van der Waals surface area (Å²) in [7, 11) is 1.60. The van der Waals surface area contributed by atoms with Crippen LogP contribution in [0.2, 0.25) is 0 Å². The summed E-state index contributed by atoms with van der Waals surface area (Å²) in [5, 5.41) is 4.58. The highest BCUT2D eigenvalue weighted by molar-refractivity contribution is 5.67. The Bertz CT molecular complexity index is 1340. The van der Waals surface area contributed by atoms with Gasteiger partial charge in [-0.25, -0.2) is 28.4 Å². The highest BCUT2D eigenvalue weighted by atomic mass is 19.2. The first-order valence-corrected chi connectivity index (χ1v) is 10.6.